The zero-order valence-electron chi connectivity index (χ0n) is 12.3. The van der Waals surface area contributed by atoms with Crippen molar-refractivity contribution in [1.82, 2.24) is 15.6 Å². The molecule has 7 heteroatoms. The number of hydrogen-bond donors (Lipinski definition) is 3. The summed E-state index contributed by atoms with van der Waals surface area (Å²) in [4.78, 5) is 27.7. The summed E-state index contributed by atoms with van der Waals surface area (Å²) in [6.07, 6.45) is 2.85. The van der Waals surface area contributed by atoms with Gasteiger partial charge in [0.15, 0.2) is 0 Å². The monoisotopic (exact) mass is 356 g/mol. The summed E-state index contributed by atoms with van der Waals surface area (Å²) in [5.41, 5.74) is 0.466. The second-order valence-corrected chi connectivity index (χ2v) is 5.35. The first kappa shape index (κ1) is 17.4. The molecule has 1 rings (SSSR count). The third-order valence-corrected chi connectivity index (χ3v) is 3.09. The fourth-order valence-electron chi connectivity index (χ4n) is 1.67. The third kappa shape index (κ3) is 6.12. The van der Waals surface area contributed by atoms with Gasteiger partial charge >= 0.3 is 0 Å². The molecule has 0 saturated heterocycles. The fourth-order valence-corrected chi connectivity index (χ4v) is 2.00. The van der Waals surface area contributed by atoms with E-state index in [1.54, 1.807) is 12.3 Å². The third-order valence-electron chi connectivity index (χ3n) is 2.65. The van der Waals surface area contributed by atoms with Crippen LogP contribution in [0.3, 0.4) is 0 Å². The van der Waals surface area contributed by atoms with Gasteiger partial charge in [0.25, 0.3) is 5.91 Å². The smallest absolute Gasteiger partial charge is 0.255 e. The minimum atomic E-state index is -0.244. The number of pyridine rings is 1. The van der Waals surface area contributed by atoms with Gasteiger partial charge in [0, 0.05) is 36.7 Å². The summed E-state index contributed by atoms with van der Waals surface area (Å²) in [7, 11) is 0. The van der Waals surface area contributed by atoms with Crippen LogP contribution in [0, 0.1) is 0 Å². The Balaban J connectivity index is 2.63. The Morgan fingerprint density at radius 3 is 2.67 bits per heavy atom. The van der Waals surface area contributed by atoms with Crippen LogP contribution in [-0.4, -0.2) is 36.4 Å². The van der Waals surface area contributed by atoms with Crippen LogP contribution in [0.25, 0.3) is 0 Å². The lowest BCUT2D eigenvalue weighted by atomic mass is 10.2. The highest BCUT2D eigenvalue weighted by Gasteiger charge is 2.13. The highest BCUT2D eigenvalue weighted by Crippen LogP contribution is 2.18. The van der Waals surface area contributed by atoms with Gasteiger partial charge in [-0.05, 0) is 35.3 Å². The predicted molar refractivity (Wildman–Crippen MR) is 86.4 cm³/mol. The Bertz CT molecular complexity index is 494. The molecule has 0 fully saturated rings. The van der Waals surface area contributed by atoms with Crippen molar-refractivity contribution in [3.8, 4) is 0 Å². The lowest BCUT2D eigenvalue weighted by Gasteiger charge is -2.11. The highest BCUT2D eigenvalue weighted by atomic mass is 79.9. The first-order chi connectivity index (χ1) is 10.1. The molecule has 6 nitrogen and oxygen atoms in total. The van der Waals surface area contributed by atoms with Gasteiger partial charge in [-0.2, -0.15) is 0 Å². The van der Waals surface area contributed by atoms with E-state index >= 15 is 0 Å². The summed E-state index contributed by atoms with van der Waals surface area (Å²) in [5, 5.41) is 8.54. The first-order valence-electron chi connectivity index (χ1n) is 7.02. The van der Waals surface area contributed by atoms with E-state index in [1.165, 1.54) is 0 Å². The molecular formula is C14H21BrN4O2. The molecule has 2 amide bonds. The Labute approximate surface area is 133 Å². The molecule has 0 aliphatic carbocycles. The minimum Gasteiger partial charge on any atom is -0.369 e. The Hall–Kier alpha value is -1.63. The summed E-state index contributed by atoms with van der Waals surface area (Å²) < 4.78 is 0.735. The largest absolute Gasteiger partial charge is 0.369 e. The Morgan fingerprint density at radius 2 is 2.00 bits per heavy atom. The number of carbonyl (C=O) groups is 2. The molecule has 1 aromatic heterocycles. The molecule has 0 aliphatic rings. The molecule has 0 radical (unpaired) electrons. The Morgan fingerprint density at radius 1 is 1.24 bits per heavy atom. The second-order valence-electron chi connectivity index (χ2n) is 4.44. The summed E-state index contributed by atoms with van der Waals surface area (Å²) in [5.74, 6) is 0.233. The van der Waals surface area contributed by atoms with Gasteiger partial charge in [0.05, 0.1) is 5.56 Å². The predicted octanol–water partition coefficient (Wildman–Crippen LogP) is 1.92. The molecule has 3 N–H and O–H groups in total. The lowest BCUT2D eigenvalue weighted by Crippen LogP contribution is -2.31. The van der Waals surface area contributed by atoms with Crippen LogP contribution in [0.2, 0.25) is 0 Å². The summed E-state index contributed by atoms with van der Waals surface area (Å²) in [6, 6.07) is 1.71. The van der Waals surface area contributed by atoms with Gasteiger partial charge in [-0.1, -0.05) is 6.92 Å². The quantitative estimate of drug-likeness (QED) is 0.664. The van der Waals surface area contributed by atoms with E-state index in [4.69, 9.17) is 0 Å². The van der Waals surface area contributed by atoms with Crippen LogP contribution in [0.15, 0.2) is 16.7 Å². The van der Waals surface area contributed by atoms with Crippen molar-refractivity contribution in [2.75, 3.05) is 25.0 Å². The maximum atomic E-state index is 12.2. The van der Waals surface area contributed by atoms with Crippen molar-refractivity contribution in [3.05, 3.63) is 22.3 Å². The topological polar surface area (TPSA) is 83.1 Å². The first-order valence-corrected chi connectivity index (χ1v) is 7.82. The second kappa shape index (κ2) is 9.33. The number of nitrogens with one attached hydrogen (secondary N) is 3. The standard InChI is InChI=1S/C14H21BrN4O2/c1-3-6-17-13-11(8-10(15)9-19-13)14(21)18-7-5-12(20)16-4-2/h8-9H,3-7H2,1-2H3,(H,16,20)(H,17,19)(H,18,21). The van der Waals surface area contributed by atoms with E-state index < -0.39 is 0 Å². The maximum Gasteiger partial charge on any atom is 0.255 e. The van der Waals surface area contributed by atoms with Gasteiger partial charge in [-0.3, -0.25) is 9.59 Å². The number of rotatable bonds is 8. The number of hydrogen-bond acceptors (Lipinski definition) is 4. The SMILES string of the molecule is CCCNc1ncc(Br)cc1C(=O)NCCC(=O)NCC. The van der Waals surface area contributed by atoms with Crippen molar-refractivity contribution in [3.63, 3.8) is 0 Å². The average Bonchev–Trinajstić information content (AvgIpc) is 2.46. The fraction of sp³-hybridized carbons (Fsp3) is 0.500. The molecular weight excluding hydrogens is 336 g/mol. The van der Waals surface area contributed by atoms with Crippen LogP contribution in [0.1, 0.15) is 37.0 Å². The van der Waals surface area contributed by atoms with Crippen molar-refractivity contribution >= 4 is 33.6 Å². The molecule has 21 heavy (non-hydrogen) atoms. The van der Waals surface area contributed by atoms with Crippen molar-refractivity contribution < 1.29 is 9.59 Å². The molecule has 1 aromatic rings. The highest BCUT2D eigenvalue weighted by molar-refractivity contribution is 9.10. The summed E-state index contributed by atoms with van der Waals surface area (Å²) >= 11 is 3.31. The average molecular weight is 357 g/mol. The molecule has 1 heterocycles. The summed E-state index contributed by atoms with van der Waals surface area (Å²) in [6.45, 7) is 5.53. The molecule has 0 unspecified atom stereocenters. The van der Waals surface area contributed by atoms with E-state index in [-0.39, 0.29) is 18.2 Å². The van der Waals surface area contributed by atoms with Crippen molar-refractivity contribution in [2.45, 2.75) is 26.7 Å². The molecule has 0 atom stereocenters. The zero-order chi connectivity index (χ0) is 15.7. The van der Waals surface area contributed by atoms with Crippen LogP contribution in [-0.2, 0) is 4.79 Å². The van der Waals surface area contributed by atoms with Gasteiger partial charge in [0.1, 0.15) is 5.82 Å². The van der Waals surface area contributed by atoms with Gasteiger partial charge in [-0.25, -0.2) is 4.98 Å². The van der Waals surface area contributed by atoms with Crippen LogP contribution >= 0.6 is 15.9 Å². The lowest BCUT2D eigenvalue weighted by molar-refractivity contribution is -0.120. The number of amides is 2. The number of halogens is 1. The van der Waals surface area contributed by atoms with E-state index in [0.717, 1.165) is 17.4 Å². The van der Waals surface area contributed by atoms with E-state index in [0.29, 0.717) is 24.5 Å². The zero-order valence-corrected chi connectivity index (χ0v) is 13.9. The molecule has 0 aliphatic heterocycles. The van der Waals surface area contributed by atoms with Crippen LogP contribution in [0.4, 0.5) is 5.82 Å². The number of carbonyl (C=O) groups excluding carboxylic acids is 2. The van der Waals surface area contributed by atoms with Gasteiger partial charge in [-0.15, -0.1) is 0 Å². The van der Waals surface area contributed by atoms with E-state index in [1.807, 2.05) is 13.8 Å². The van der Waals surface area contributed by atoms with Crippen molar-refractivity contribution in [2.24, 2.45) is 0 Å². The molecule has 0 aromatic carbocycles. The normalized spacial score (nSPS) is 10.0. The van der Waals surface area contributed by atoms with E-state index in [9.17, 15) is 9.59 Å². The number of nitrogens with zero attached hydrogens (tertiary/aromatic N) is 1. The van der Waals surface area contributed by atoms with Crippen LogP contribution in [0.5, 0.6) is 0 Å². The van der Waals surface area contributed by atoms with Crippen molar-refractivity contribution in [1.29, 1.82) is 0 Å². The van der Waals surface area contributed by atoms with Crippen LogP contribution < -0.4 is 16.0 Å². The number of aromatic nitrogens is 1. The molecule has 0 bridgehead atoms. The van der Waals surface area contributed by atoms with E-state index in [2.05, 4.69) is 36.9 Å². The molecule has 0 saturated carbocycles. The molecule has 0 spiro atoms. The maximum absolute atomic E-state index is 12.2. The van der Waals surface area contributed by atoms with Gasteiger partial charge < -0.3 is 16.0 Å². The van der Waals surface area contributed by atoms with Gasteiger partial charge in [0.2, 0.25) is 5.91 Å². The Kier molecular flexibility index (Phi) is 7.74. The molecule has 116 valence electrons. The number of anilines is 1. The minimum absolute atomic E-state index is 0.0745.